The summed E-state index contributed by atoms with van der Waals surface area (Å²) in [5.74, 6) is 3.03. The molecule has 0 spiro atoms. The first-order valence-corrected chi connectivity index (χ1v) is 10.9. The summed E-state index contributed by atoms with van der Waals surface area (Å²) in [6.07, 6.45) is 18.4. The number of hydrogen-bond acceptors (Lipinski definition) is 0. The van der Waals surface area contributed by atoms with E-state index in [-0.39, 0.29) is 0 Å². The van der Waals surface area contributed by atoms with Crippen molar-refractivity contribution in [3.8, 4) is 0 Å². The van der Waals surface area contributed by atoms with Gasteiger partial charge in [0.1, 0.15) is 0 Å². The van der Waals surface area contributed by atoms with Gasteiger partial charge in [0.05, 0.1) is 0 Å². The van der Waals surface area contributed by atoms with Crippen molar-refractivity contribution in [1.82, 2.24) is 0 Å². The molecule has 25 heavy (non-hydrogen) atoms. The van der Waals surface area contributed by atoms with Crippen molar-refractivity contribution < 1.29 is 0 Å². The summed E-state index contributed by atoms with van der Waals surface area (Å²) in [6, 6.07) is 7.01. The average Bonchev–Trinajstić information content (AvgIpc) is 2.65. The maximum atomic E-state index is 2.58. The maximum absolute atomic E-state index is 2.58. The van der Waals surface area contributed by atoms with Crippen LogP contribution in [0.2, 0.25) is 0 Å². The number of unbranched alkanes of at least 4 members (excludes halogenated alkanes) is 2. The van der Waals surface area contributed by atoms with Crippen molar-refractivity contribution in [3.63, 3.8) is 0 Å². The molecule has 0 saturated heterocycles. The van der Waals surface area contributed by atoms with Gasteiger partial charge in [0.15, 0.2) is 0 Å². The number of aryl methyl sites for hydroxylation is 2. The van der Waals surface area contributed by atoms with Gasteiger partial charge in [-0.25, -0.2) is 0 Å². The Labute approximate surface area is 156 Å². The molecule has 0 aromatic heterocycles. The highest BCUT2D eigenvalue weighted by molar-refractivity contribution is 5.67. The first-order valence-electron chi connectivity index (χ1n) is 10.9. The zero-order chi connectivity index (χ0) is 17.6. The first kappa shape index (κ1) is 18.7. The van der Waals surface area contributed by atoms with Crippen LogP contribution in [0.25, 0.3) is 5.57 Å². The molecule has 0 amide bonds. The molecule has 0 N–H and O–H groups in total. The first-order chi connectivity index (χ1) is 12.2. The molecular weight excluding hydrogens is 300 g/mol. The number of hydrogen-bond donors (Lipinski definition) is 0. The van der Waals surface area contributed by atoms with Crippen LogP contribution in [0, 0.1) is 31.6 Å². The molecule has 1 saturated carbocycles. The maximum Gasteiger partial charge on any atom is -0.0225 e. The number of allylic oxidation sites excluding steroid dienone is 2. The SMILES string of the molecule is CCCCCC1CCC(C2CC=C(c3ccc(C)c(C)c3)CC2)CC1. The molecule has 2 aliphatic carbocycles. The van der Waals surface area contributed by atoms with Gasteiger partial charge in [-0.3, -0.25) is 0 Å². The van der Waals surface area contributed by atoms with E-state index in [1.807, 2.05) is 0 Å². The van der Waals surface area contributed by atoms with Crippen LogP contribution in [0.1, 0.15) is 94.2 Å². The second-order valence-electron chi connectivity index (χ2n) is 8.84. The molecule has 0 bridgehead atoms. The molecule has 0 aliphatic heterocycles. The lowest BCUT2D eigenvalue weighted by atomic mass is 9.70. The van der Waals surface area contributed by atoms with E-state index in [1.165, 1.54) is 87.3 Å². The van der Waals surface area contributed by atoms with Crippen LogP contribution in [-0.4, -0.2) is 0 Å². The van der Waals surface area contributed by atoms with E-state index in [9.17, 15) is 0 Å². The lowest BCUT2D eigenvalue weighted by Gasteiger charge is -2.35. The molecule has 1 aromatic carbocycles. The van der Waals surface area contributed by atoms with Gasteiger partial charge in [-0.05, 0) is 86.0 Å². The third-order valence-electron chi connectivity index (χ3n) is 7.10. The van der Waals surface area contributed by atoms with Crippen molar-refractivity contribution in [3.05, 3.63) is 41.0 Å². The number of rotatable bonds is 6. The van der Waals surface area contributed by atoms with E-state index < -0.39 is 0 Å². The Hall–Kier alpha value is -1.04. The Kier molecular flexibility index (Phi) is 6.79. The molecule has 0 nitrogen and oxygen atoms in total. The van der Waals surface area contributed by atoms with Crippen molar-refractivity contribution >= 4 is 5.57 Å². The summed E-state index contributed by atoms with van der Waals surface area (Å²) < 4.78 is 0. The molecule has 1 aromatic rings. The highest BCUT2D eigenvalue weighted by atomic mass is 14.3. The highest BCUT2D eigenvalue weighted by Gasteiger charge is 2.28. The smallest absolute Gasteiger partial charge is 0.0225 e. The van der Waals surface area contributed by atoms with E-state index in [2.05, 4.69) is 45.0 Å². The van der Waals surface area contributed by atoms with Crippen molar-refractivity contribution in [2.24, 2.45) is 17.8 Å². The Balaban J connectivity index is 1.49. The Morgan fingerprint density at radius 2 is 1.68 bits per heavy atom. The van der Waals surface area contributed by atoms with E-state index in [0.29, 0.717) is 0 Å². The minimum absolute atomic E-state index is 0.965. The second-order valence-corrected chi connectivity index (χ2v) is 8.84. The van der Waals surface area contributed by atoms with Crippen LogP contribution in [0.3, 0.4) is 0 Å². The Morgan fingerprint density at radius 1 is 0.880 bits per heavy atom. The summed E-state index contributed by atoms with van der Waals surface area (Å²) in [4.78, 5) is 0. The van der Waals surface area contributed by atoms with Gasteiger partial charge in [-0.15, -0.1) is 0 Å². The second kappa shape index (κ2) is 9.06. The van der Waals surface area contributed by atoms with Gasteiger partial charge in [0.2, 0.25) is 0 Å². The standard InChI is InChI=1S/C25H38/c1-4-5-6-7-21-9-12-22(13-10-21)23-14-16-24(17-15-23)25-11-8-19(2)20(3)18-25/h8,11,16,18,21-23H,4-7,9-10,12-15,17H2,1-3H3. The van der Waals surface area contributed by atoms with Gasteiger partial charge in [-0.2, -0.15) is 0 Å². The van der Waals surface area contributed by atoms with Crippen LogP contribution < -0.4 is 0 Å². The van der Waals surface area contributed by atoms with Crippen LogP contribution >= 0.6 is 0 Å². The minimum Gasteiger partial charge on any atom is -0.0804 e. The minimum atomic E-state index is 0.965. The lowest BCUT2D eigenvalue weighted by Crippen LogP contribution is -2.23. The lowest BCUT2D eigenvalue weighted by molar-refractivity contribution is 0.187. The van der Waals surface area contributed by atoms with Crippen molar-refractivity contribution in [2.75, 3.05) is 0 Å². The van der Waals surface area contributed by atoms with E-state index in [4.69, 9.17) is 0 Å². The molecule has 1 fully saturated rings. The topological polar surface area (TPSA) is 0 Å². The fraction of sp³-hybridized carbons (Fsp3) is 0.680. The van der Waals surface area contributed by atoms with Crippen molar-refractivity contribution in [2.45, 2.75) is 91.4 Å². The molecule has 138 valence electrons. The predicted octanol–water partition coefficient (Wildman–Crippen LogP) is 7.87. The third kappa shape index (κ3) is 4.99. The molecule has 1 atom stereocenters. The average molecular weight is 339 g/mol. The van der Waals surface area contributed by atoms with Crippen LogP contribution in [-0.2, 0) is 0 Å². The van der Waals surface area contributed by atoms with Gasteiger partial charge < -0.3 is 0 Å². The van der Waals surface area contributed by atoms with E-state index >= 15 is 0 Å². The summed E-state index contributed by atoms with van der Waals surface area (Å²) in [5, 5.41) is 0. The fourth-order valence-electron chi connectivity index (χ4n) is 5.12. The van der Waals surface area contributed by atoms with Gasteiger partial charge in [0, 0.05) is 0 Å². The largest absolute Gasteiger partial charge is 0.0804 e. The third-order valence-corrected chi connectivity index (χ3v) is 7.10. The molecule has 0 heteroatoms. The molecular formula is C25H38. The van der Waals surface area contributed by atoms with Gasteiger partial charge >= 0.3 is 0 Å². The Bertz CT molecular complexity index is 572. The summed E-state index contributed by atoms with van der Waals surface area (Å²) >= 11 is 0. The molecule has 1 unspecified atom stereocenters. The quantitative estimate of drug-likeness (QED) is 0.463. The highest BCUT2D eigenvalue weighted by Crippen LogP contribution is 2.42. The monoisotopic (exact) mass is 338 g/mol. The normalized spacial score (nSPS) is 27.2. The predicted molar refractivity (Wildman–Crippen MR) is 111 cm³/mol. The van der Waals surface area contributed by atoms with Crippen LogP contribution in [0.15, 0.2) is 24.3 Å². The summed E-state index contributed by atoms with van der Waals surface area (Å²) in [6.45, 7) is 6.77. The van der Waals surface area contributed by atoms with E-state index in [0.717, 1.165) is 17.8 Å². The van der Waals surface area contributed by atoms with E-state index in [1.54, 1.807) is 5.57 Å². The Morgan fingerprint density at radius 3 is 2.32 bits per heavy atom. The molecule has 0 heterocycles. The zero-order valence-electron chi connectivity index (χ0n) is 16.8. The number of benzene rings is 1. The fourth-order valence-corrected chi connectivity index (χ4v) is 5.12. The van der Waals surface area contributed by atoms with Gasteiger partial charge in [0.25, 0.3) is 0 Å². The van der Waals surface area contributed by atoms with Crippen molar-refractivity contribution in [1.29, 1.82) is 0 Å². The molecule has 2 aliphatic rings. The molecule has 3 rings (SSSR count). The molecule has 0 radical (unpaired) electrons. The van der Waals surface area contributed by atoms with Crippen LogP contribution in [0.4, 0.5) is 0 Å². The van der Waals surface area contributed by atoms with Gasteiger partial charge in [-0.1, -0.05) is 69.7 Å². The zero-order valence-corrected chi connectivity index (χ0v) is 16.8. The summed E-state index contributed by atoms with van der Waals surface area (Å²) in [7, 11) is 0. The summed E-state index contributed by atoms with van der Waals surface area (Å²) in [5.41, 5.74) is 5.92. The van der Waals surface area contributed by atoms with Crippen LogP contribution in [0.5, 0.6) is 0 Å².